The number of hydrogen-bond donors (Lipinski definition) is 1. The van der Waals surface area contributed by atoms with Gasteiger partial charge < -0.3 is 14.6 Å². The Bertz CT molecular complexity index is 875. The summed E-state index contributed by atoms with van der Waals surface area (Å²) in [5, 5.41) is 10.4. The van der Waals surface area contributed by atoms with Crippen LogP contribution in [-0.4, -0.2) is 35.9 Å². The van der Waals surface area contributed by atoms with Gasteiger partial charge in [0.05, 0.1) is 19.3 Å². The Balaban J connectivity index is 2.31. The van der Waals surface area contributed by atoms with E-state index in [1.54, 1.807) is 31.2 Å². The fourth-order valence-corrected chi connectivity index (χ4v) is 3.76. The van der Waals surface area contributed by atoms with Gasteiger partial charge in [-0.2, -0.15) is 0 Å². The molecule has 0 heterocycles. The zero-order valence-electron chi connectivity index (χ0n) is 17.4. The van der Waals surface area contributed by atoms with Crippen LogP contribution in [0.5, 0.6) is 5.75 Å². The Morgan fingerprint density at radius 3 is 2.34 bits per heavy atom. The van der Waals surface area contributed by atoms with E-state index in [1.165, 1.54) is 13.2 Å². The molecule has 0 amide bonds. The number of ether oxygens (including phenoxy) is 2. The standard InChI is InChI=1S/C23H27BrO5/c1-14-20(22(26)27)15(2)23(3,4)18(21(14)28-5)10-11-19(25)16-6-8-17(9-7-16)29-13-12-24/h6-11,18H,12-13H2,1-5H3,(H,26,27). The number of halogens is 1. The molecule has 0 saturated carbocycles. The molecule has 1 aliphatic carbocycles. The Hall–Kier alpha value is -2.34. The zero-order valence-corrected chi connectivity index (χ0v) is 19.0. The fraction of sp³-hybridized carbons (Fsp3) is 0.391. The van der Waals surface area contributed by atoms with E-state index < -0.39 is 11.4 Å². The van der Waals surface area contributed by atoms with Crippen molar-refractivity contribution in [1.82, 2.24) is 0 Å². The molecule has 1 N–H and O–H groups in total. The molecule has 0 saturated heterocycles. The van der Waals surface area contributed by atoms with Crippen LogP contribution in [0.25, 0.3) is 0 Å². The van der Waals surface area contributed by atoms with E-state index in [9.17, 15) is 14.7 Å². The van der Waals surface area contributed by atoms with Crippen molar-refractivity contribution >= 4 is 27.7 Å². The van der Waals surface area contributed by atoms with Crippen LogP contribution in [0, 0.1) is 11.3 Å². The predicted octanol–water partition coefficient (Wildman–Crippen LogP) is 5.18. The van der Waals surface area contributed by atoms with Crippen LogP contribution in [0.4, 0.5) is 0 Å². The Morgan fingerprint density at radius 2 is 1.83 bits per heavy atom. The molecule has 2 rings (SSSR count). The monoisotopic (exact) mass is 462 g/mol. The van der Waals surface area contributed by atoms with Gasteiger partial charge in [0.1, 0.15) is 11.5 Å². The number of ketones is 1. The van der Waals surface area contributed by atoms with Crippen molar-refractivity contribution in [2.45, 2.75) is 27.7 Å². The maximum Gasteiger partial charge on any atom is 0.336 e. The third-order valence-electron chi connectivity index (χ3n) is 5.50. The largest absolute Gasteiger partial charge is 0.500 e. The number of aliphatic carboxylic acids is 1. The topological polar surface area (TPSA) is 72.8 Å². The van der Waals surface area contributed by atoms with Crippen molar-refractivity contribution in [2.75, 3.05) is 19.0 Å². The highest BCUT2D eigenvalue weighted by molar-refractivity contribution is 9.09. The number of carbonyl (C=O) groups excluding carboxylic acids is 1. The SMILES string of the molecule is COC1=C(C)C(C(=O)O)=C(C)C(C)(C)C1C=CC(=O)c1ccc(OCCBr)cc1. The van der Waals surface area contributed by atoms with Gasteiger partial charge in [-0.3, -0.25) is 4.79 Å². The van der Waals surface area contributed by atoms with Crippen LogP contribution in [0.15, 0.2) is 58.9 Å². The van der Waals surface area contributed by atoms with E-state index in [0.717, 1.165) is 10.9 Å². The highest BCUT2D eigenvalue weighted by Crippen LogP contribution is 2.48. The first-order chi connectivity index (χ1) is 13.6. The molecule has 1 unspecified atom stereocenters. The molecule has 0 fully saturated rings. The third-order valence-corrected chi connectivity index (χ3v) is 5.83. The van der Waals surface area contributed by atoms with Crippen molar-refractivity contribution in [3.8, 4) is 5.75 Å². The molecule has 0 aliphatic heterocycles. The van der Waals surface area contributed by atoms with E-state index in [2.05, 4.69) is 15.9 Å². The first-order valence-corrected chi connectivity index (χ1v) is 10.5. The quantitative estimate of drug-likeness (QED) is 0.327. The van der Waals surface area contributed by atoms with Crippen molar-refractivity contribution in [3.05, 3.63) is 64.5 Å². The van der Waals surface area contributed by atoms with Crippen LogP contribution in [0.3, 0.4) is 0 Å². The molecule has 1 atom stereocenters. The molecule has 5 nitrogen and oxygen atoms in total. The molecule has 156 valence electrons. The lowest BCUT2D eigenvalue weighted by Crippen LogP contribution is -2.33. The van der Waals surface area contributed by atoms with Crippen molar-refractivity contribution in [1.29, 1.82) is 0 Å². The van der Waals surface area contributed by atoms with Gasteiger partial charge in [0.15, 0.2) is 5.78 Å². The number of alkyl halides is 1. The number of carbonyl (C=O) groups is 2. The number of methoxy groups -OCH3 is 1. The van der Waals surface area contributed by atoms with E-state index in [4.69, 9.17) is 9.47 Å². The summed E-state index contributed by atoms with van der Waals surface area (Å²) in [5.41, 5.74) is 1.68. The summed E-state index contributed by atoms with van der Waals surface area (Å²) < 4.78 is 11.1. The van der Waals surface area contributed by atoms with Crippen molar-refractivity contribution in [3.63, 3.8) is 0 Å². The lowest BCUT2D eigenvalue weighted by Gasteiger charge is -2.40. The number of allylic oxidation sites excluding steroid dienone is 3. The number of carboxylic acids is 1. The van der Waals surface area contributed by atoms with Crippen LogP contribution < -0.4 is 4.74 Å². The van der Waals surface area contributed by atoms with Gasteiger partial charge in [-0.25, -0.2) is 4.79 Å². The minimum atomic E-state index is -0.969. The molecule has 1 aromatic carbocycles. The highest BCUT2D eigenvalue weighted by Gasteiger charge is 2.41. The van der Waals surface area contributed by atoms with Crippen molar-refractivity contribution in [2.24, 2.45) is 11.3 Å². The summed E-state index contributed by atoms with van der Waals surface area (Å²) in [5.74, 6) is -0.0720. The van der Waals surface area contributed by atoms with Gasteiger partial charge in [-0.05, 0) is 49.6 Å². The van der Waals surface area contributed by atoms with Crippen LogP contribution in [0.2, 0.25) is 0 Å². The summed E-state index contributed by atoms with van der Waals surface area (Å²) in [7, 11) is 1.53. The lowest BCUT2D eigenvalue weighted by atomic mass is 9.66. The molecule has 29 heavy (non-hydrogen) atoms. The Kier molecular flexibility index (Phi) is 7.47. The minimum Gasteiger partial charge on any atom is -0.500 e. The second-order valence-corrected chi connectivity index (χ2v) is 8.28. The first-order valence-electron chi connectivity index (χ1n) is 9.36. The van der Waals surface area contributed by atoms with E-state index in [0.29, 0.717) is 29.3 Å². The number of carboxylic acid groups (broad SMARTS) is 1. The van der Waals surface area contributed by atoms with Crippen LogP contribution in [-0.2, 0) is 9.53 Å². The number of hydrogen-bond acceptors (Lipinski definition) is 4. The van der Waals surface area contributed by atoms with Gasteiger partial charge >= 0.3 is 5.97 Å². The predicted molar refractivity (Wildman–Crippen MR) is 117 cm³/mol. The second kappa shape index (κ2) is 9.44. The maximum atomic E-state index is 12.7. The molecule has 0 bridgehead atoms. The lowest BCUT2D eigenvalue weighted by molar-refractivity contribution is -0.132. The van der Waals surface area contributed by atoms with E-state index in [1.807, 2.05) is 26.8 Å². The highest BCUT2D eigenvalue weighted by atomic mass is 79.9. The van der Waals surface area contributed by atoms with E-state index in [-0.39, 0.29) is 17.3 Å². The summed E-state index contributed by atoms with van der Waals surface area (Å²) in [6.45, 7) is 8.06. The molecule has 1 aliphatic rings. The Labute approximate surface area is 180 Å². The molecule has 1 aromatic rings. The summed E-state index contributed by atoms with van der Waals surface area (Å²) in [6.07, 6.45) is 3.34. The smallest absolute Gasteiger partial charge is 0.336 e. The summed E-state index contributed by atoms with van der Waals surface area (Å²) in [4.78, 5) is 24.4. The van der Waals surface area contributed by atoms with Crippen LogP contribution in [0.1, 0.15) is 38.1 Å². The van der Waals surface area contributed by atoms with E-state index >= 15 is 0 Å². The van der Waals surface area contributed by atoms with Gasteiger partial charge in [0.25, 0.3) is 0 Å². The third kappa shape index (κ3) is 4.81. The average molecular weight is 463 g/mol. The molecular weight excluding hydrogens is 436 g/mol. The summed E-state index contributed by atoms with van der Waals surface area (Å²) in [6, 6.07) is 7.00. The molecular formula is C23H27BrO5. The molecule has 6 heteroatoms. The molecule has 0 aromatic heterocycles. The van der Waals surface area contributed by atoms with Gasteiger partial charge in [0.2, 0.25) is 0 Å². The second-order valence-electron chi connectivity index (χ2n) is 7.48. The van der Waals surface area contributed by atoms with Crippen molar-refractivity contribution < 1.29 is 24.2 Å². The maximum absolute atomic E-state index is 12.7. The van der Waals surface area contributed by atoms with Gasteiger partial charge in [-0.15, -0.1) is 0 Å². The zero-order chi connectivity index (χ0) is 21.8. The van der Waals surface area contributed by atoms with Gasteiger partial charge in [-0.1, -0.05) is 41.4 Å². The Morgan fingerprint density at radius 1 is 1.21 bits per heavy atom. The van der Waals surface area contributed by atoms with Gasteiger partial charge in [0, 0.05) is 22.4 Å². The first kappa shape index (κ1) is 22.9. The minimum absolute atomic E-state index is 0.133. The average Bonchev–Trinajstić information content (AvgIpc) is 2.68. The number of benzene rings is 1. The summed E-state index contributed by atoms with van der Waals surface area (Å²) >= 11 is 3.30. The number of rotatable bonds is 8. The fourth-order valence-electron chi connectivity index (χ4n) is 3.60. The normalized spacial score (nSPS) is 18.9. The molecule has 0 radical (unpaired) electrons. The van der Waals surface area contributed by atoms with Crippen LogP contribution >= 0.6 is 15.9 Å². The molecule has 0 spiro atoms.